The third-order valence-corrected chi connectivity index (χ3v) is 4.26. The molecule has 0 amide bonds. The second-order valence-corrected chi connectivity index (χ2v) is 6.21. The standard InChI is InChI=1S/C17H27NO/c1-14(2)12-19-11-10-17(13-18)9-5-7-15-6-3-4-8-16(15)17/h3-4,6,8,14H,5,7,9-13,18H2,1-2H3. The Bertz CT molecular complexity index is 402. The summed E-state index contributed by atoms with van der Waals surface area (Å²) in [6, 6.07) is 8.81. The fraction of sp³-hybridized carbons (Fsp3) is 0.647. The number of fused-ring (bicyclic) bond motifs is 1. The van der Waals surface area contributed by atoms with Crippen LogP contribution in [-0.4, -0.2) is 19.8 Å². The summed E-state index contributed by atoms with van der Waals surface area (Å²) in [5, 5.41) is 0. The van der Waals surface area contributed by atoms with E-state index in [1.807, 2.05) is 0 Å². The molecular weight excluding hydrogens is 234 g/mol. The number of ether oxygens (including phenoxy) is 1. The molecule has 0 fully saturated rings. The molecule has 0 radical (unpaired) electrons. The molecule has 0 aromatic heterocycles. The lowest BCUT2D eigenvalue weighted by atomic mass is 9.68. The van der Waals surface area contributed by atoms with Crippen molar-refractivity contribution in [3.8, 4) is 0 Å². The summed E-state index contributed by atoms with van der Waals surface area (Å²) in [6.45, 7) is 6.78. The Morgan fingerprint density at radius 1 is 1.32 bits per heavy atom. The van der Waals surface area contributed by atoms with Gasteiger partial charge in [-0.1, -0.05) is 38.1 Å². The van der Waals surface area contributed by atoms with Gasteiger partial charge in [0, 0.05) is 25.2 Å². The molecule has 1 unspecified atom stereocenters. The molecule has 0 aliphatic heterocycles. The minimum Gasteiger partial charge on any atom is -0.381 e. The van der Waals surface area contributed by atoms with Gasteiger partial charge in [-0.3, -0.25) is 0 Å². The van der Waals surface area contributed by atoms with E-state index in [1.165, 1.54) is 30.4 Å². The van der Waals surface area contributed by atoms with Crippen molar-refractivity contribution in [3.63, 3.8) is 0 Å². The van der Waals surface area contributed by atoms with Crippen LogP contribution in [0.2, 0.25) is 0 Å². The minimum atomic E-state index is 0.145. The van der Waals surface area contributed by atoms with Gasteiger partial charge in [-0.05, 0) is 42.7 Å². The average Bonchev–Trinajstić information content (AvgIpc) is 2.43. The van der Waals surface area contributed by atoms with Crippen LogP contribution in [0.15, 0.2) is 24.3 Å². The van der Waals surface area contributed by atoms with Crippen molar-refractivity contribution in [3.05, 3.63) is 35.4 Å². The predicted octanol–water partition coefficient (Wildman–Crippen LogP) is 3.28. The molecule has 1 aromatic carbocycles. The first-order valence-electron chi connectivity index (χ1n) is 7.54. The highest BCUT2D eigenvalue weighted by Gasteiger charge is 2.34. The molecular formula is C17H27NO. The van der Waals surface area contributed by atoms with Gasteiger partial charge in [-0.15, -0.1) is 0 Å². The summed E-state index contributed by atoms with van der Waals surface area (Å²) >= 11 is 0. The maximum atomic E-state index is 6.14. The van der Waals surface area contributed by atoms with Gasteiger partial charge in [0.05, 0.1) is 0 Å². The van der Waals surface area contributed by atoms with Gasteiger partial charge in [0.2, 0.25) is 0 Å². The Labute approximate surface area is 117 Å². The van der Waals surface area contributed by atoms with Gasteiger partial charge in [0.1, 0.15) is 0 Å². The van der Waals surface area contributed by atoms with Crippen LogP contribution in [0.4, 0.5) is 0 Å². The smallest absolute Gasteiger partial charge is 0.0488 e. The maximum absolute atomic E-state index is 6.14. The van der Waals surface area contributed by atoms with Crippen molar-refractivity contribution in [2.45, 2.75) is 44.9 Å². The summed E-state index contributed by atoms with van der Waals surface area (Å²) in [6.07, 6.45) is 4.70. The van der Waals surface area contributed by atoms with Crippen LogP contribution in [0, 0.1) is 5.92 Å². The van der Waals surface area contributed by atoms with E-state index >= 15 is 0 Å². The highest BCUT2D eigenvalue weighted by molar-refractivity contribution is 5.37. The quantitative estimate of drug-likeness (QED) is 0.798. The summed E-state index contributed by atoms with van der Waals surface area (Å²) in [5.74, 6) is 0.604. The third-order valence-electron chi connectivity index (χ3n) is 4.26. The van der Waals surface area contributed by atoms with E-state index in [0.717, 1.165) is 26.2 Å². The van der Waals surface area contributed by atoms with Gasteiger partial charge in [0.25, 0.3) is 0 Å². The average molecular weight is 261 g/mol. The first-order valence-corrected chi connectivity index (χ1v) is 7.54. The van der Waals surface area contributed by atoms with Gasteiger partial charge < -0.3 is 10.5 Å². The summed E-state index contributed by atoms with van der Waals surface area (Å²) < 4.78 is 5.78. The van der Waals surface area contributed by atoms with Gasteiger partial charge >= 0.3 is 0 Å². The topological polar surface area (TPSA) is 35.2 Å². The Kier molecular flexibility index (Phi) is 5.00. The van der Waals surface area contributed by atoms with E-state index < -0.39 is 0 Å². The third kappa shape index (κ3) is 3.37. The zero-order valence-electron chi connectivity index (χ0n) is 12.3. The first-order chi connectivity index (χ1) is 9.18. The Hall–Kier alpha value is -0.860. The SMILES string of the molecule is CC(C)COCCC1(CN)CCCc2ccccc21. The molecule has 1 aromatic rings. The molecule has 2 heteroatoms. The second-order valence-electron chi connectivity index (χ2n) is 6.21. The Balaban J connectivity index is 2.06. The fourth-order valence-electron chi connectivity index (χ4n) is 3.17. The van der Waals surface area contributed by atoms with Crippen molar-refractivity contribution in [1.82, 2.24) is 0 Å². The zero-order valence-corrected chi connectivity index (χ0v) is 12.3. The number of aryl methyl sites for hydroxylation is 1. The van der Waals surface area contributed by atoms with Crippen LogP contribution in [0.25, 0.3) is 0 Å². The van der Waals surface area contributed by atoms with Crippen LogP contribution >= 0.6 is 0 Å². The van der Waals surface area contributed by atoms with Crippen LogP contribution in [0.5, 0.6) is 0 Å². The van der Waals surface area contributed by atoms with E-state index in [0.29, 0.717) is 5.92 Å². The molecule has 0 heterocycles. The molecule has 0 saturated carbocycles. The highest BCUT2D eigenvalue weighted by Crippen LogP contribution is 2.39. The number of hydrogen-bond acceptors (Lipinski definition) is 2. The van der Waals surface area contributed by atoms with Crippen molar-refractivity contribution in [1.29, 1.82) is 0 Å². The van der Waals surface area contributed by atoms with Crippen molar-refractivity contribution in [2.24, 2.45) is 11.7 Å². The molecule has 19 heavy (non-hydrogen) atoms. The summed E-state index contributed by atoms with van der Waals surface area (Å²) in [5.41, 5.74) is 9.24. The Morgan fingerprint density at radius 2 is 2.11 bits per heavy atom. The van der Waals surface area contributed by atoms with E-state index in [9.17, 15) is 0 Å². The van der Waals surface area contributed by atoms with Crippen LogP contribution in [0.1, 0.15) is 44.2 Å². The molecule has 0 bridgehead atoms. The summed E-state index contributed by atoms with van der Waals surface area (Å²) in [4.78, 5) is 0. The molecule has 0 saturated heterocycles. The van der Waals surface area contributed by atoms with Crippen LogP contribution < -0.4 is 5.73 Å². The van der Waals surface area contributed by atoms with Gasteiger partial charge in [-0.25, -0.2) is 0 Å². The number of nitrogens with two attached hydrogens (primary N) is 1. The summed E-state index contributed by atoms with van der Waals surface area (Å²) in [7, 11) is 0. The van der Waals surface area contributed by atoms with Crippen molar-refractivity contribution < 1.29 is 4.74 Å². The largest absolute Gasteiger partial charge is 0.381 e. The number of hydrogen-bond donors (Lipinski definition) is 1. The normalized spacial score (nSPS) is 22.5. The lowest BCUT2D eigenvalue weighted by Crippen LogP contribution is -2.39. The van der Waals surface area contributed by atoms with Gasteiger partial charge in [0.15, 0.2) is 0 Å². The molecule has 2 N–H and O–H groups in total. The second kappa shape index (κ2) is 6.53. The number of rotatable bonds is 6. The van der Waals surface area contributed by atoms with E-state index in [1.54, 1.807) is 0 Å². The maximum Gasteiger partial charge on any atom is 0.0488 e. The van der Waals surface area contributed by atoms with Crippen molar-refractivity contribution >= 4 is 0 Å². The highest BCUT2D eigenvalue weighted by atomic mass is 16.5. The fourth-order valence-corrected chi connectivity index (χ4v) is 3.17. The van der Waals surface area contributed by atoms with Crippen LogP contribution in [0.3, 0.4) is 0 Å². The minimum absolute atomic E-state index is 0.145. The van der Waals surface area contributed by atoms with Gasteiger partial charge in [-0.2, -0.15) is 0 Å². The molecule has 2 rings (SSSR count). The first kappa shape index (κ1) is 14.5. The molecule has 1 aliphatic carbocycles. The van der Waals surface area contributed by atoms with E-state index in [4.69, 9.17) is 10.5 Å². The zero-order chi connectivity index (χ0) is 13.7. The van der Waals surface area contributed by atoms with Crippen LogP contribution in [-0.2, 0) is 16.6 Å². The van der Waals surface area contributed by atoms with Crippen molar-refractivity contribution in [2.75, 3.05) is 19.8 Å². The number of benzene rings is 1. The lowest BCUT2D eigenvalue weighted by molar-refractivity contribution is 0.0901. The molecule has 106 valence electrons. The molecule has 0 spiro atoms. The lowest BCUT2D eigenvalue weighted by Gasteiger charge is -2.38. The molecule has 1 aliphatic rings. The Morgan fingerprint density at radius 3 is 2.84 bits per heavy atom. The molecule has 2 nitrogen and oxygen atoms in total. The molecule has 1 atom stereocenters. The monoisotopic (exact) mass is 261 g/mol. The predicted molar refractivity (Wildman–Crippen MR) is 80.4 cm³/mol. The van der Waals surface area contributed by atoms with E-state index in [-0.39, 0.29) is 5.41 Å². The van der Waals surface area contributed by atoms with E-state index in [2.05, 4.69) is 38.1 Å².